The Morgan fingerprint density at radius 1 is 1.14 bits per heavy atom. The van der Waals surface area contributed by atoms with Crippen molar-refractivity contribution in [1.29, 1.82) is 0 Å². The molecule has 114 valence electrons. The zero-order chi connectivity index (χ0) is 15.4. The molecular formula is C19H26O2. The van der Waals surface area contributed by atoms with Gasteiger partial charge in [0.15, 0.2) is 0 Å². The molecule has 2 heteroatoms. The molecule has 3 rings (SSSR count). The Bertz CT molecular complexity index is 561. The van der Waals surface area contributed by atoms with Crippen LogP contribution in [0, 0.1) is 22.7 Å². The van der Waals surface area contributed by atoms with Crippen LogP contribution in [-0.2, 0) is 4.79 Å². The molecular weight excluding hydrogens is 260 g/mol. The fraction of sp³-hybridized carbons (Fsp3) is 0.632. The molecule has 0 bridgehead atoms. The first-order valence-corrected chi connectivity index (χ1v) is 8.02. The normalized spacial score (nSPS) is 42.1. The maximum Gasteiger partial charge on any atom is 0.139 e. The summed E-state index contributed by atoms with van der Waals surface area (Å²) in [6, 6.07) is 8.41. The number of carbonyl (C=O) groups is 1. The van der Waals surface area contributed by atoms with Crippen molar-refractivity contribution in [3.05, 3.63) is 29.8 Å². The van der Waals surface area contributed by atoms with Crippen LogP contribution in [0.25, 0.3) is 0 Å². The minimum atomic E-state index is -0.170. The van der Waals surface area contributed by atoms with E-state index in [1.165, 1.54) is 5.56 Å². The first-order chi connectivity index (χ1) is 9.84. The highest BCUT2D eigenvalue weighted by Crippen LogP contribution is 2.69. The van der Waals surface area contributed by atoms with Gasteiger partial charge in [-0.25, -0.2) is 0 Å². The summed E-state index contributed by atoms with van der Waals surface area (Å²) in [5, 5.41) is 0. The van der Waals surface area contributed by atoms with Crippen molar-refractivity contribution in [3.8, 4) is 5.75 Å². The Labute approximate surface area is 127 Å². The lowest BCUT2D eigenvalue weighted by molar-refractivity contribution is -0.129. The van der Waals surface area contributed by atoms with E-state index in [0.29, 0.717) is 23.5 Å². The monoisotopic (exact) mass is 286 g/mol. The van der Waals surface area contributed by atoms with E-state index in [2.05, 4.69) is 39.8 Å². The zero-order valence-electron chi connectivity index (χ0n) is 13.8. The predicted octanol–water partition coefficient (Wildman–Crippen LogP) is 4.44. The summed E-state index contributed by atoms with van der Waals surface area (Å²) in [6.07, 6.45) is 1.87. The van der Waals surface area contributed by atoms with Gasteiger partial charge in [-0.3, -0.25) is 4.79 Å². The molecule has 0 unspecified atom stereocenters. The lowest BCUT2D eigenvalue weighted by Crippen LogP contribution is -2.38. The van der Waals surface area contributed by atoms with E-state index in [9.17, 15) is 4.79 Å². The SMILES string of the molecule is COc1ccc([C@H]2C[C@@]3(C)[C@H](C)CC(=O)[C@@]3(C)[C@@H]2C)cc1. The average Bonchev–Trinajstić information content (AvgIpc) is 2.80. The third-order valence-electron chi connectivity index (χ3n) is 7.05. The summed E-state index contributed by atoms with van der Waals surface area (Å²) >= 11 is 0. The fourth-order valence-electron chi connectivity index (χ4n) is 5.03. The molecule has 0 amide bonds. The summed E-state index contributed by atoms with van der Waals surface area (Å²) in [5.74, 6) is 2.72. The van der Waals surface area contributed by atoms with Gasteiger partial charge in [0.2, 0.25) is 0 Å². The summed E-state index contributed by atoms with van der Waals surface area (Å²) < 4.78 is 5.25. The first-order valence-electron chi connectivity index (χ1n) is 8.02. The number of benzene rings is 1. The number of methoxy groups -OCH3 is 1. The van der Waals surface area contributed by atoms with Gasteiger partial charge < -0.3 is 4.74 Å². The van der Waals surface area contributed by atoms with Crippen molar-refractivity contribution in [3.63, 3.8) is 0 Å². The lowest BCUT2D eigenvalue weighted by Gasteiger charge is -2.38. The predicted molar refractivity (Wildman–Crippen MR) is 84.5 cm³/mol. The van der Waals surface area contributed by atoms with E-state index >= 15 is 0 Å². The van der Waals surface area contributed by atoms with Crippen LogP contribution in [0.5, 0.6) is 5.75 Å². The minimum Gasteiger partial charge on any atom is -0.497 e. The van der Waals surface area contributed by atoms with Gasteiger partial charge in [0.1, 0.15) is 11.5 Å². The average molecular weight is 286 g/mol. The molecule has 2 aliphatic carbocycles. The Hall–Kier alpha value is -1.31. The van der Waals surface area contributed by atoms with Gasteiger partial charge in [-0.1, -0.05) is 39.8 Å². The number of ether oxygens (including phenoxy) is 1. The highest BCUT2D eigenvalue weighted by Gasteiger charge is 2.66. The number of hydrogen-bond donors (Lipinski definition) is 0. The highest BCUT2D eigenvalue weighted by molar-refractivity contribution is 5.89. The summed E-state index contributed by atoms with van der Waals surface area (Å²) in [5.41, 5.74) is 1.31. The largest absolute Gasteiger partial charge is 0.497 e. The Balaban J connectivity index is 1.98. The molecule has 2 fully saturated rings. The molecule has 1 aromatic rings. The molecule has 2 aliphatic rings. The van der Waals surface area contributed by atoms with Crippen molar-refractivity contribution < 1.29 is 9.53 Å². The minimum absolute atomic E-state index is 0.133. The molecule has 5 atom stereocenters. The second-order valence-electron chi connectivity index (χ2n) is 7.52. The summed E-state index contributed by atoms with van der Waals surface area (Å²) in [6.45, 7) is 9.08. The molecule has 0 aliphatic heterocycles. The van der Waals surface area contributed by atoms with Crippen molar-refractivity contribution in [2.45, 2.75) is 46.5 Å². The fourth-order valence-corrected chi connectivity index (χ4v) is 5.03. The molecule has 21 heavy (non-hydrogen) atoms. The first kappa shape index (κ1) is 14.6. The summed E-state index contributed by atoms with van der Waals surface area (Å²) in [4.78, 5) is 12.7. The molecule has 0 spiro atoms. The Morgan fingerprint density at radius 3 is 2.29 bits per heavy atom. The number of rotatable bonds is 2. The number of hydrogen-bond acceptors (Lipinski definition) is 2. The van der Waals surface area contributed by atoms with E-state index in [1.807, 2.05) is 12.1 Å². The van der Waals surface area contributed by atoms with Crippen LogP contribution in [0.3, 0.4) is 0 Å². The van der Waals surface area contributed by atoms with Gasteiger partial charge >= 0.3 is 0 Å². The van der Waals surface area contributed by atoms with Gasteiger partial charge in [-0.2, -0.15) is 0 Å². The van der Waals surface area contributed by atoms with E-state index in [1.54, 1.807) is 7.11 Å². The Kier molecular flexibility index (Phi) is 3.20. The smallest absolute Gasteiger partial charge is 0.139 e. The van der Waals surface area contributed by atoms with Crippen molar-refractivity contribution >= 4 is 5.78 Å². The highest BCUT2D eigenvalue weighted by atomic mass is 16.5. The molecule has 0 saturated heterocycles. The van der Waals surface area contributed by atoms with Gasteiger partial charge in [0.05, 0.1) is 7.11 Å². The number of ketones is 1. The van der Waals surface area contributed by atoms with Gasteiger partial charge in [-0.15, -0.1) is 0 Å². The summed E-state index contributed by atoms with van der Waals surface area (Å²) in [7, 11) is 1.69. The second kappa shape index (κ2) is 4.59. The standard InChI is InChI=1S/C19H26O2/c1-12-10-17(20)19(4)13(2)16(11-18(12,19)3)14-6-8-15(21-5)9-7-14/h6-9,12-13,16H,10-11H2,1-5H3/t12-,13-,16+,18+,19-/m1/s1. The van der Waals surface area contributed by atoms with Gasteiger partial charge in [0.25, 0.3) is 0 Å². The van der Waals surface area contributed by atoms with E-state index in [0.717, 1.165) is 18.6 Å². The van der Waals surface area contributed by atoms with Crippen LogP contribution in [0.4, 0.5) is 0 Å². The molecule has 1 aromatic carbocycles. The van der Waals surface area contributed by atoms with Crippen LogP contribution >= 0.6 is 0 Å². The van der Waals surface area contributed by atoms with Crippen molar-refractivity contribution in [2.75, 3.05) is 7.11 Å². The lowest BCUT2D eigenvalue weighted by atomic mass is 9.64. The van der Waals surface area contributed by atoms with Crippen molar-refractivity contribution in [1.82, 2.24) is 0 Å². The van der Waals surface area contributed by atoms with E-state index in [4.69, 9.17) is 4.74 Å². The van der Waals surface area contributed by atoms with Crippen LogP contribution in [0.15, 0.2) is 24.3 Å². The quantitative estimate of drug-likeness (QED) is 0.803. The van der Waals surface area contributed by atoms with Crippen LogP contribution in [-0.4, -0.2) is 12.9 Å². The molecule has 2 saturated carbocycles. The molecule has 0 aromatic heterocycles. The molecule has 0 radical (unpaired) electrons. The third kappa shape index (κ3) is 1.74. The topological polar surface area (TPSA) is 26.3 Å². The molecule has 0 heterocycles. The number of carbonyl (C=O) groups excluding carboxylic acids is 1. The third-order valence-corrected chi connectivity index (χ3v) is 7.05. The number of Topliss-reactive ketones (excluding diaryl/α,β-unsaturated/α-hetero) is 1. The maximum absolute atomic E-state index is 12.7. The van der Waals surface area contributed by atoms with Gasteiger partial charge in [-0.05, 0) is 47.3 Å². The second-order valence-corrected chi connectivity index (χ2v) is 7.52. The zero-order valence-corrected chi connectivity index (χ0v) is 13.8. The Morgan fingerprint density at radius 2 is 1.76 bits per heavy atom. The van der Waals surface area contributed by atoms with Crippen molar-refractivity contribution in [2.24, 2.45) is 22.7 Å². The van der Waals surface area contributed by atoms with Crippen LogP contribution in [0.1, 0.15) is 52.0 Å². The maximum atomic E-state index is 12.7. The molecule has 2 nitrogen and oxygen atoms in total. The van der Waals surface area contributed by atoms with E-state index in [-0.39, 0.29) is 10.8 Å². The molecule has 0 N–H and O–H groups in total. The van der Waals surface area contributed by atoms with Crippen LogP contribution in [0.2, 0.25) is 0 Å². The van der Waals surface area contributed by atoms with Gasteiger partial charge in [0, 0.05) is 11.8 Å². The van der Waals surface area contributed by atoms with E-state index < -0.39 is 0 Å². The number of fused-ring (bicyclic) bond motifs is 1. The van der Waals surface area contributed by atoms with Crippen LogP contribution < -0.4 is 4.74 Å².